The van der Waals surface area contributed by atoms with Gasteiger partial charge in [0.1, 0.15) is 24.2 Å². The molecule has 0 aromatic heterocycles. The highest BCUT2D eigenvalue weighted by Crippen LogP contribution is 2.16. The standard InChI is InChI=1S/C15H25NO3/c1-4-5-12(2)16-10-13(17)11-19-15-8-6-14(18-3)7-9-15/h6-9,12-13,16-17H,4-5,10-11H2,1-3H3. The van der Waals surface area contributed by atoms with E-state index in [2.05, 4.69) is 19.2 Å². The lowest BCUT2D eigenvalue weighted by Crippen LogP contribution is -2.36. The predicted molar refractivity (Wildman–Crippen MR) is 76.9 cm³/mol. The quantitative estimate of drug-likeness (QED) is 0.720. The molecule has 19 heavy (non-hydrogen) atoms. The second-order valence-electron chi connectivity index (χ2n) is 4.74. The van der Waals surface area contributed by atoms with E-state index in [1.54, 1.807) is 7.11 Å². The average molecular weight is 267 g/mol. The van der Waals surface area contributed by atoms with Gasteiger partial charge in [-0.05, 0) is 37.6 Å². The van der Waals surface area contributed by atoms with Crippen LogP contribution in [-0.4, -0.2) is 37.5 Å². The van der Waals surface area contributed by atoms with Gasteiger partial charge in [-0.3, -0.25) is 0 Å². The van der Waals surface area contributed by atoms with E-state index in [1.807, 2.05) is 24.3 Å². The van der Waals surface area contributed by atoms with Crippen LogP contribution in [0.15, 0.2) is 24.3 Å². The van der Waals surface area contributed by atoms with Crippen molar-refractivity contribution in [3.05, 3.63) is 24.3 Å². The van der Waals surface area contributed by atoms with Crippen LogP contribution in [0.2, 0.25) is 0 Å². The highest BCUT2D eigenvalue weighted by molar-refractivity contribution is 5.31. The molecule has 0 aliphatic rings. The summed E-state index contributed by atoms with van der Waals surface area (Å²) in [4.78, 5) is 0. The Balaban J connectivity index is 2.23. The number of nitrogens with one attached hydrogen (secondary N) is 1. The fraction of sp³-hybridized carbons (Fsp3) is 0.600. The van der Waals surface area contributed by atoms with Crippen molar-refractivity contribution in [2.75, 3.05) is 20.3 Å². The van der Waals surface area contributed by atoms with E-state index in [9.17, 15) is 5.11 Å². The Morgan fingerprint density at radius 1 is 1.21 bits per heavy atom. The van der Waals surface area contributed by atoms with Crippen LogP contribution in [0.1, 0.15) is 26.7 Å². The first-order valence-corrected chi connectivity index (χ1v) is 6.84. The smallest absolute Gasteiger partial charge is 0.119 e. The molecule has 2 atom stereocenters. The zero-order valence-corrected chi connectivity index (χ0v) is 12.1. The van der Waals surface area contributed by atoms with Crippen molar-refractivity contribution in [3.63, 3.8) is 0 Å². The minimum Gasteiger partial charge on any atom is -0.497 e. The van der Waals surface area contributed by atoms with Gasteiger partial charge < -0.3 is 19.9 Å². The molecule has 4 heteroatoms. The molecule has 0 saturated heterocycles. The zero-order chi connectivity index (χ0) is 14.1. The molecule has 4 nitrogen and oxygen atoms in total. The number of ether oxygens (including phenoxy) is 2. The molecule has 1 rings (SSSR count). The molecule has 0 bridgehead atoms. The second-order valence-corrected chi connectivity index (χ2v) is 4.74. The van der Waals surface area contributed by atoms with Crippen LogP contribution in [0.25, 0.3) is 0 Å². The lowest BCUT2D eigenvalue weighted by molar-refractivity contribution is 0.104. The molecule has 108 valence electrons. The van der Waals surface area contributed by atoms with Crippen LogP contribution in [0.4, 0.5) is 0 Å². The predicted octanol–water partition coefficient (Wildman–Crippen LogP) is 2.21. The summed E-state index contributed by atoms with van der Waals surface area (Å²) in [6.07, 6.45) is 1.76. The summed E-state index contributed by atoms with van der Waals surface area (Å²) >= 11 is 0. The molecule has 0 radical (unpaired) electrons. The molecule has 0 spiro atoms. The second kappa shape index (κ2) is 8.77. The third kappa shape index (κ3) is 6.45. The first kappa shape index (κ1) is 15.8. The number of hydrogen-bond donors (Lipinski definition) is 2. The third-order valence-corrected chi connectivity index (χ3v) is 2.93. The Hall–Kier alpha value is -1.26. The molecule has 1 aromatic rings. The molecule has 0 saturated carbocycles. The first-order valence-electron chi connectivity index (χ1n) is 6.84. The van der Waals surface area contributed by atoms with Gasteiger partial charge in [0.15, 0.2) is 0 Å². The minimum atomic E-state index is -0.499. The van der Waals surface area contributed by atoms with E-state index in [0.717, 1.165) is 24.3 Å². The minimum absolute atomic E-state index is 0.290. The highest BCUT2D eigenvalue weighted by atomic mass is 16.5. The molecule has 0 amide bonds. The molecule has 0 fully saturated rings. The van der Waals surface area contributed by atoms with Gasteiger partial charge in [0, 0.05) is 12.6 Å². The molecular formula is C15H25NO3. The molecular weight excluding hydrogens is 242 g/mol. The maximum atomic E-state index is 9.82. The summed E-state index contributed by atoms with van der Waals surface area (Å²) in [7, 11) is 1.63. The van der Waals surface area contributed by atoms with Crippen molar-refractivity contribution in [1.82, 2.24) is 5.32 Å². The summed E-state index contributed by atoms with van der Waals surface area (Å²) in [5.41, 5.74) is 0. The van der Waals surface area contributed by atoms with E-state index >= 15 is 0 Å². The Labute approximate surface area is 115 Å². The summed E-state index contributed by atoms with van der Waals surface area (Å²) in [5, 5.41) is 13.1. The molecule has 0 heterocycles. The fourth-order valence-corrected chi connectivity index (χ4v) is 1.80. The van der Waals surface area contributed by atoms with Crippen molar-refractivity contribution in [2.24, 2.45) is 0 Å². The highest BCUT2D eigenvalue weighted by Gasteiger charge is 2.07. The lowest BCUT2D eigenvalue weighted by Gasteiger charge is -2.17. The lowest BCUT2D eigenvalue weighted by atomic mass is 10.2. The molecule has 2 N–H and O–H groups in total. The van der Waals surface area contributed by atoms with Crippen molar-refractivity contribution >= 4 is 0 Å². The van der Waals surface area contributed by atoms with Crippen LogP contribution in [0, 0.1) is 0 Å². The molecule has 0 aliphatic carbocycles. The Morgan fingerprint density at radius 3 is 2.42 bits per heavy atom. The maximum Gasteiger partial charge on any atom is 0.119 e. The Bertz CT molecular complexity index is 340. The van der Waals surface area contributed by atoms with E-state index < -0.39 is 6.10 Å². The van der Waals surface area contributed by atoms with Gasteiger partial charge in [0.2, 0.25) is 0 Å². The van der Waals surface area contributed by atoms with Crippen molar-refractivity contribution < 1.29 is 14.6 Å². The molecule has 2 unspecified atom stereocenters. The van der Waals surface area contributed by atoms with Crippen LogP contribution in [0.5, 0.6) is 11.5 Å². The monoisotopic (exact) mass is 267 g/mol. The van der Waals surface area contributed by atoms with Gasteiger partial charge in [0.05, 0.1) is 7.11 Å². The first-order chi connectivity index (χ1) is 9.15. The molecule has 0 aliphatic heterocycles. The number of hydrogen-bond acceptors (Lipinski definition) is 4. The Kier molecular flexibility index (Phi) is 7.30. The van der Waals surface area contributed by atoms with E-state index in [-0.39, 0.29) is 6.61 Å². The zero-order valence-electron chi connectivity index (χ0n) is 12.1. The summed E-state index contributed by atoms with van der Waals surface area (Å²) < 4.78 is 10.6. The number of benzene rings is 1. The van der Waals surface area contributed by atoms with Gasteiger partial charge >= 0.3 is 0 Å². The number of aliphatic hydroxyl groups excluding tert-OH is 1. The Morgan fingerprint density at radius 2 is 1.84 bits per heavy atom. The van der Waals surface area contributed by atoms with Crippen LogP contribution < -0.4 is 14.8 Å². The summed E-state index contributed by atoms with van der Waals surface area (Å²) in [6, 6.07) is 7.77. The van der Waals surface area contributed by atoms with Crippen LogP contribution >= 0.6 is 0 Å². The van der Waals surface area contributed by atoms with Gasteiger partial charge in [0.25, 0.3) is 0 Å². The van der Waals surface area contributed by atoms with Gasteiger partial charge in [-0.1, -0.05) is 13.3 Å². The normalized spacial score (nSPS) is 13.9. The van der Waals surface area contributed by atoms with Crippen LogP contribution in [0.3, 0.4) is 0 Å². The van der Waals surface area contributed by atoms with E-state index in [4.69, 9.17) is 9.47 Å². The van der Waals surface area contributed by atoms with Crippen molar-refractivity contribution in [1.29, 1.82) is 0 Å². The van der Waals surface area contributed by atoms with Gasteiger partial charge in [-0.15, -0.1) is 0 Å². The topological polar surface area (TPSA) is 50.7 Å². The van der Waals surface area contributed by atoms with Crippen LogP contribution in [-0.2, 0) is 0 Å². The molecule has 1 aromatic carbocycles. The SMILES string of the molecule is CCCC(C)NCC(O)COc1ccc(OC)cc1. The number of rotatable bonds is 9. The third-order valence-electron chi connectivity index (χ3n) is 2.93. The largest absolute Gasteiger partial charge is 0.497 e. The van der Waals surface area contributed by atoms with Crippen molar-refractivity contribution in [3.8, 4) is 11.5 Å². The van der Waals surface area contributed by atoms with Gasteiger partial charge in [-0.2, -0.15) is 0 Å². The number of methoxy groups -OCH3 is 1. The van der Waals surface area contributed by atoms with E-state index in [0.29, 0.717) is 12.6 Å². The average Bonchev–Trinajstić information content (AvgIpc) is 2.44. The van der Waals surface area contributed by atoms with Crippen molar-refractivity contribution in [2.45, 2.75) is 38.8 Å². The van der Waals surface area contributed by atoms with Gasteiger partial charge in [-0.25, -0.2) is 0 Å². The summed E-state index contributed by atoms with van der Waals surface area (Å²) in [6.45, 7) is 5.12. The number of aliphatic hydroxyl groups is 1. The summed E-state index contributed by atoms with van der Waals surface area (Å²) in [5.74, 6) is 1.53. The van der Waals surface area contributed by atoms with E-state index in [1.165, 1.54) is 0 Å². The fourth-order valence-electron chi connectivity index (χ4n) is 1.80. The maximum absolute atomic E-state index is 9.82.